The van der Waals surface area contributed by atoms with E-state index in [-0.39, 0.29) is 5.75 Å². The molecule has 0 aliphatic carbocycles. The van der Waals surface area contributed by atoms with Gasteiger partial charge in [-0.2, -0.15) is 0 Å². The van der Waals surface area contributed by atoms with Crippen molar-refractivity contribution in [3.05, 3.63) is 28.3 Å². The number of phenolic OH excluding ortho intramolecular Hbond substituents is 1. The average molecular weight is 217 g/mol. The van der Waals surface area contributed by atoms with Crippen LogP contribution in [0.3, 0.4) is 0 Å². The second-order valence-corrected chi connectivity index (χ2v) is 4.67. The SMILES string of the molecule is CS(=O)(=O)c1ccc(O)cc1[N+](=O)[O-]. The number of sulfone groups is 1. The van der Waals surface area contributed by atoms with Crippen LogP contribution in [0.25, 0.3) is 0 Å². The highest BCUT2D eigenvalue weighted by atomic mass is 32.2. The summed E-state index contributed by atoms with van der Waals surface area (Å²) in [6.07, 6.45) is 0.867. The van der Waals surface area contributed by atoms with E-state index in [4.69, 9.17) is 5.11 Å². The monoisotopic (exact) mass is 217 g/mol. The van der Waals surface area contributed by atoms with E-state index in [2.05, 4.69) is 0 Å². The third-order valence-electron chi connectivity index (χ3n) is 1.54. The van der Waals surface area contributed by atoms with Crippen molar-refractivity contribution in [3.8, 4) is 5.75 Å². The summed E-state index contributed by atoms with van der Waals surface area (Å²) < 4.78 is 22.2. The van der Waals surface area contributed by atoms with E-state index in [9.17, 15) is 18.5 Å². The lowest BCUT2D eigenvalue weighted by Gasteiger charge is -2.00. The van der Waals surface area contributed by atoms with Gasteiger partial charge in [0.1, 0.15) is 10.6 Å². The molecule has 0 spiro atoms. The number of aromatic hydroxyl groups is 1. The first-order chi connectivity index (χ1) is 6.32. The van der Waals surface area contributed by atoms with Crippen LogP contribution in [0, 0.1) is 10.1 Å². The highest BCUT2D eigenvalue weighted by Gasteiger charge is 2.22. The van der Waals surface area contributed by atoms with Crippen molar-refractivity contribution in [1.82, 2.24) is 0 Å². The first kappa shape index (κ1) is 10.5. The number of phenols is 1. The fraction of sp³-hybridized carbons (Fsp3) is 0.143. The molecule has 0 fully saturated rings. The smallest absolute Gasteiger partial charge is 0.291 e. The molecule has 0 aliphatic rings. The molecule has 1 N–H and O–H groups in total. The molecule has 7 heteroatoms. The lowest BCUT2D eigenvalue weighted by molar-refractivity contribution is -0.387. The van der Waals surface area contributed by atoms with Crippen molar-refractivity contribution in [2.24, 2.45) is 0 Å². The number of benzene rings is 1. The second-order valence-electron chi connectivity index (χ2n) is 2.68. The zero-order valence-electron chi connectivity index (χ0n) is 7.17. The Kier molecular flexibility index (Phi) is 2.43. The van der Waals surface area contributed by atoms with Gasteiger partial charge >= 0.3 is 0 Å². The van der Waals surface area contributed by atoms with Crippen molar-refractivity contribution in [2.45, 2.75) is 4.90 Å². The van der Waals surface area contributed by atoms with Gasteiger partial charge < -0.3 is 5.11 Å². The molecule has 14 heavy (non-hydrogen) atoms. The summed E-state index contributed by atoms with van der Waals surface area (Å²) in [6, 6.07) is 2.89. The van der Waals surface area contributed by atoms with Crippen LogP contribution in [0.5, 0.6) is 5.75 Å². The lowest BCUT2D eigenvalue weighted by Crippen LogP contribution is -2.02. The van der Waals surface area contributed by atoms with Gasteiger partial charge in [-0.15, -0.1) is 0 Å². The van der Waals surface area contributed by atoms with Crippen LogP contribution in [0.4, 0.5) is 5.69 Å². The average Bonchev–Trinajstić information content (AvgIpc) is 2.01. The highest BCUT2D eigenvalue weighted by Crippen LogP contribution is 2.27. The fourth-order valence-electron chi connectivity index (χ4n) is 0.962. The van der Waals surface area contributed by atoms with Crippen LogP contribution in [-0.2, 0) is 9.84 Å². The van der Waals surface area contributed by atoms with Crippen molar-refractivity contribution >= 4 is 15.5 Å². The van der Waals surface area contributed by atoms with Gasteiger partial charge in [-0.25, -0.2) is 8.42 Å². The first-order valence-electron chi connectivity index (χ1n) is 3.50. The minimum Gasteiger partial charge on any atom is -0.508 e. The Hall–Kier alpha value is -1.63. The largest absolute Gasteiger partial charge is 0.508 e. The maximum atomic E-state index is 11.1. The normalized spacial score (nSPS) is 11.2. The summed E-state index contributed by atoms with van der Waals surface area (Å²) >= 11 is 0. The molecule has 1 aromatic carbocycles. The topological polar surface area (TPSA) is 97.5 Å². The Balaban J connectivity index is 3.53. The summed E-state index contributed by atoms with van der Waals surface area (Å²) in [5, 5.41) is 19.4. The van der Waals surface area contributed by atoms with E-state index in [1.165, 1.54) is 0 Å². The molecular formula is C7H7NO5S. The molecule has 0 aromatic heterocycles. The Labute approximate surface area is 79.9 Å². The molecule has 6 nitrogen and oxygen atoms in total. The number of rotatable bonds is 2. The summed E-state index contributed by atoms with van der Waals surface area (Å²) in [6.45, 7) is 0. The lowest BCUT2D eigenvalue weighted by atomic mass is 10.3. The van der Waals surface area contributed by atoms with Crippen LogP contribution in [0.15, 0.2) is 23.1 Å². The molecule has 1 aromatic rings. The maximum Gasteiger partial charge on any atom is 0.291 e. The minimum atomic E-state index is -3.65. The zero-order chi connectivity index (χ0) is 10.9. The van der Waals surface area contributed by atoms with Crippen LogP contribution in [0.2, 0.25) is 0 Å². The van der Waals surface area contributed by atoms with Crippen molar-refractivity contribution in [2.75, 3.05) is 6.26 Å². The Morgan fingerprint density at radius 3 is 2.43 bits per heavy atom. The van der Waals surface area contributed by atoms with E-state index < -0.39 is 25.3 Å². The van der Waals surface area contributed by atoms with Crippen molar-refractivity contribution in [3.63, 3.8) is 0 Å². The Morgan fingerprint density at radius 1 is 1.43 bits per heavy atom. The molecule has 0 bridgehead atoms. The van der Waals surface area contributed by atoms with E-state index in [1.807, 2.05) is 0 Å². The molecule has 0 unspecified atom stereocenters. The van der Waals surface area contributed by atoms with Gasteiger partial charge in [0.25, 0.3) is 5.69 Å². The molecular weight excluding hydrogens is 210 g/mol. The zero-order valence-corrected chi connectivity index (χ0v) is 7.98. The van der Waals surface area contributed by atoms with Gasteiger partial charge in [-0.05, 0) is 12.1 Å². The maximum absolute atomic E-state index is 11.1. The summed E-state index contributed by atoms with van der Waals surface area (Å²) in [4.78, 5) is 9.20. The summed E-state index contributed by atoms with van der Waals surface area (Å²) in [7, 11) is -3.65. The predicted molar refractivity (Wildman–Crippen MR) is 47.9 cm³/mol. The minimum absolute atomic E-state index is 0.343. The Bertz CT molecular complexity index is 479. The van der Waals surface area contributed by atoms with E-state index in [0.717, 1.165) is 24.5 Å². The summed E-state index contributed by atoms with van der Waals surface area (Å²) in [5.74, 6) is -0.343. The number of hydrogen-bond donors (Lipinski definition) is 1. The molecule has 0 heterocycles. The van der Waals surface area contributed by atoms with Gasteiger partial charge in [0, 0.05) is 6.26 Å². The highest BCUT2D eigenvalue weighted by molar-refractivity contribution is 7.90. The number of nitro groups is 1. The quantitative estimate of drug-likeness (QED) is 0.581. The third-order valence-corrected chi connectivity index (χ3v) is 2.68. The van der Waals surface area contributed by atoms with Crippen LogP contribution in [0.1, 0.15) is 0 Å². The molecule has 0 amide bonds. The number of hydrogen-bond acceptors (Lipinski definition) is 5. The van der Waals surface area contributed by atoms with Crippen molar-refractivity contribution < 1.29 is 18.4 Å². The molecule has 0 aliphatic heterocycles. The van der Waals surface area contributed by atoms with Crippen molar-refractivity contribution in [1.29, 1.82) is 0 Å². The Morgan fingerprint density at radius 2 is 2.00 bits per heavy atom. The van der Waals surface area contributed by atoms with Gasteiger partial charge in [0.15, 0.2) is 9.84 Å². The van der Waals surface area contributed by atoms with E-state index in [1.54, 1.807) is 0 Å². The second kappa shape index (κ2) is 3.26. The van der Waals surface area contributed by atoms with E-state index in [0.29, 0.717) is 0 Å². The van der Waals surface area contributed by atoms with Gasteiger partial charge in [0.2, 0.25) is 0 Å². The third kappa shape index (κ3) is 1.99. The van der Waals surface area contributed by atoms with Gasteiger partial charge in [0.05, 0.1) is 11.0 Å². The summed E-state index contributed by atoms with van der Waals surface area (Å²) in [5.41, 5.74) is -0.618. The predicted octanol–water partition coefficient (Wildman–Crippen LogP) is 0.704. The van der Waals surface area contributed by atoms with Crippen LogP contribution < -0.4 is 0 Å². The molecule has 1 rings (SSSR count). The molecule has 0 radical (unpaired) electrons. The van der Waals surface area contributed by atoms with Crippen LogP contribution in [-0.4, -0.2) is 24.7 Å². The molecule has 0 saturated heterocycles. The van der Waals surface area contributed by atoms with E-state index >= 15 is 0 Å². The number of nitro benzene ring substituents is 1. The number of nitrogens with zero attached hydrogens (tertiary/aromatic N) is 1. The first-order valence-corrected chi connectivity index (χ1v) is 5.39. The fourth-order valence-corrected chi connectivity index (χ4v) is 1.79. The molecule has 0 atom stereocenters. The standard InChI is InChI=1S/C7H7NO5S/c1-14(12,13)7-3-2-5(9)4-6(7)8(10)11/h2-4,9H,1H3. The van der Waals surface area contributed by atoms with Gasteiger partial charge in [-0.3, -0.25) is 10.1 Å². The molecule has 0 saturated carbocycles. The molecule has 76 valence electrons. The van der Waals surface area contributed by atoms with Gasteiger partial charge in [-0.1, -0.05) is 0 Å². The van der Waals surface area contributed by atoms with Crippen LogP contribution >= 0.6 is 0 Å².